The fraction of sp³-hybridized carbons (Fsp3) is 0.412. The molecule has 24 heavy (non-hydrogen) atoms. The zero-order valence-electron chi connectivity index (χ0n) is 13.8. The lowest BCUT2D eigenvalue weighted by molar-refractivity contribution is -0.140. The summed E-state index contributed by atoms with van der Waals surface area (Å²) in [4.78, 5) is 42.0. The number of oxime groups is 1. The Morgan fingerprint density at radius 3 is 2.62 bits per heavy atom. The van der Waals surface area contributed by atoms with E-state index in [0.29, 0.717) is 18.7 Å². The first kappa shape index (κ1) is 17.7. The third-order valence-corrected chi connectivity index (χ3v) is 3.71. The first-order valence-electron chi connectivity index (χ1n) is 7.70. The van der Waals surface area contributed by atoms with Crippen molar-refractivity contribution in [3.05, 3.63) is 35.9 Å². The number of hydrogen-bond donors (Lipinski definition) is 1. The maximum absolute atomic E-state index is 12.5. The Morgan fingerprint density at radius 1 is 1.29 bits per heavy atom. The zero-order chi connectivity index (χ0) is 17.5. The van der Waals surface area contributed by atoms with Gasteiger partial charge in [0.1, 0.15) is 18.9 Å². The van der Waals surface area contributed by atoms with Crippen LogP contribution in [0.4, 0.5) is 0 Å². The molecule has 1 aliphatic rings. The van der Waals surface area contributed by atoms with Gasteiger partial charge in [0, 0.05) is 13.0 Å². The lowest BCUT2D eigenvalue weighted by Gasteiger charge is -2.23. The SMILES string of the molecule is CON=C1C[C@@H](C(=O)NCc2ccccc2)N(C(=O)CC(C)=O)C1. The third kappa shape index (κ3) is 4.65. The molecule has 1 atom stereocenters. The minimum atomic E-state index is -0.672. The van der Waals surface area contributed by atoms with Crippen LogP contribution in [-0.2, 0) is 25.8 Å². The Bertz CT molecular complexity index is 642. The van der Waals surface area contributed by atoms with E-state index in [1.54, 1.807) is 0 Å². The van der Waals surface area contributed by atoms with Crippen molar-refractivity contribution in [3.8, 4) is 0 Å². The number of carbonyl (C=O) groups excluding carboxylic acids is 3. The van der Waals surface area contributed by atoms with Crippen LogP contribution in [0.5, 0.6) is 0 Å². The molecule has 1 fully saturated rings. The largest absolute Gasteiger partial charge is 0.399 e. The molecular weight excluding hydrogens is 310 g/mol. The first-order valence-corrected chi connectivity index (χ1v) is 7.70. The third-order valence-electron chi connectivity index (χ3n) is 3.71. The number of hydrogen-bond acceptors (Lipinski definition) is 5. The summed E-state index contributed by atoms with van der Waals surface area (Å²) in [6.07, 6.45) is 0.0842. The molecule has 0 bridgehead atoms. The van der Waals surface area contributed by atoms with Gasteiger partial charge in [-0.15, -0.1) is 0 Å². The predicted octanol–water partition coefficient (Wildman–Crippen LogP) is 0.885. The number of nitrogens with one attached hydrogen (secondary N) is 1. The van der Waals surface area contributed by atoms with Gasteiger partial charge in [-0.05, 0) is 12.5 Å². The molecule has 1 heterocycles. The van der Waals surface area contributed by atoms with E-state index in [0.717, 1.165) is 5.56 Å². The molecule has 1 aromatic rings. The average molecular weight is 331 g/mol. The van der Waals surface area contributed by atoms with Crippen LogP contribution in [0.1, 0.15) is 25.3 Å². The second-order valence-corrected chi connectivity index (χ2v) is 5.66. The number of nitrogens with zero attached hydrogens (tertiary/aromatic N) is 2. The van der Waals surface area contributed by atoms with Crippen LogP contribution in [-0.4, -0.2) is 47.9 Å². The number of ketones is 1. The summed E-state index contributed by atoms with van der Waals surface area (Å²) in [6.45, 7) is 1.92. The van der Waals surface area contributed by atoms with Crippen molar-refractivity contribution in [1.29, 1.82) is 0 Å². The van der Waals surface area contributed by atoms with Crippen molar-refractivity contribution >= 4 is 23.3 Å². The van der Waals surface area contributed by atoms with E-state index in [9.17, 15) is 14.4 Å². The highest BCUT2D eigenvalue weighted by Crippen LogP contribution is 2.18. The molecule has 7 heteroatoms. The van der Waals surface area contributed by atoms with Crippen molar-refractivity contribution in [2.45, 2.75) is 32.4 Å². The Kier molecular flexibility index (Phi) is 6.06. The normalized spacial score (nSPS) is 18.5. The lowest BCUT2D eigenvalue weighted by Crippen LogP contribution is -2.46. The van der Waals surface area contributed by atoms with E-state index in [4.69, 9.17) is 4.84 Å². The van der Waals surface area contributed by atoms with Crippen LogP contribution < -0.4 is 5.32 Å². The fourth-order valence-corrected chi connectivity index (χ4v) is 2.61. The molecule has 1 saturated heterocycles. The molecule has 128 valence electrons. The van der Waals surface area contributed by atoms with Crippen LogP contribution in [0.3, 0.4) is 0 Å². The highest BCUT2D eigenvalue weighted by Gasteiger charge is 2.38. The van der Waals surface area contributed by atoms with Gasteiger partial charge >= 0.3 is 0 Å². The summed E-state index contributed by atoms with van der Waals surface area (Å²) >= 11 is 0. The molecule has 1 aromatic carbocycles. The molecule has 0 aromatic heterocycles. The molecule has 0 radical (unpaired) electrons. The van der Waals surface area contributed by atoms with E-state index >= 15 is 0 Å². The van der Waals surface area contributed by atoms with E-state index in [1.807, 2.05) is 30.3 Å². The van der Waals surface area contributed by atoms with Gasteiger partial charge in [-0.2, -0.15) is 0 Å². The number of amides is 2. The predicted molar refractivity (Wildman–Crippen MR) is 88.1 cm³/mol. The monoisotopic (exact) mass is 331 g/mol. The Hall–Kier alpha value is -2.70. The molecule has 0 unspecified atom stereocenters. The summed E-state index contributed by atoms with van der Waals surface area (Å²) in [7, 11) is 1.41. The van der Waals surface area contributed by atoms with Crippen LogP contribution in [0.15, 0.2) is 35.5 Å². The van der Waals surface area contributed by atoms with Crippen LogP contribution in [0, 0.1) is 0 Å². The quantitative estimate of drug-likeness (QED) is 0.619. The minimum absolute atomic E-state index is 0.198. The number of carbonyl (C=O) groups is 3. The van der Waals surface area contributed by atoms with E-state index in [1.165, 1.54) is 18.9 Å². The van der Waals surface area contributed by atoms with Gasteiger partial charge in [0.25, 0.3) is 0 Å². The second-order valence-electron chi connectivity index (χ2n) is 5.66. The molecule has 0 aliphatic carbocycles. The maximum Gasteiger partial charge on any atom is 0.243 e. The van der Waals surface area contributed by atoms with Gasteiger partial charge in [-0.3, -0.25) is 14.4 Å². The summed E-state index contributed by atoms with van der Waals surface area (Å²) < 4.78 is 0. The smallest absolute Gasteiger partial charge is 0.243 e. The van der Waals surface area contributed by atoms with Gasteiger partial charge in [0.05, 0.1) is 18.7 Å². The Labute approximate surface area is 140 Å². The summed E-state index contributed by atoms with van der Waals surface area (Å²) in [5, 5.41) is 6.67. The summed E-state index contributed by atoms with van der Waals surface area (Å²) in [5.41, 5.74) is 1.57. The van der Waals surface area contributed by atoms with Gasteiger partial charge in [0.2, 0.25) is 11.8 Å². The van der Waals surface area contributed by atoms with Crippen molar-refractivity contribution in [2.24, 2.45) is 5.16 Å². The second kappa shape index (κ2) is 8.24. The minimum Gasteiger partial charge on any atom is -0.399 e. The Balaban J connectivity index is 2.05. The highest BCUT2D eigenvalue weighted by atomic mass is 16.6. The van der Waals surface area contributed by atoms with Crippen LogP contribution in [0.2, 0.25) is 0 Å². The van der Waals surface area contributed by atoms with E-state index < -0.39 is 6.04 Å². The first-order chi connectivity index (χ1) is 11.5. The zero-order valence-corrected chi connectivity index (χ0v) is 13.8. The molecule has 7 nitrogen and oxygen atoms in total. The molecule has 0 spiro atoms. The van der Waals surface area contributed by atoms with Crippen LogP contribution >= 0.6 is 0 Å². The van der Waals surface area contributed by atoms with Crippen molar-refractivity contribution < 1.29 is 19.2 Å². The molecule has 1 N–H and O–H groups in total. The number of likely N-dealkylation sites (tertiary alicyclic amines) is 1. The fourth-order valence-electron chi connectivity index (χ4n) is 2.61. The van der Waals surface area contributed by atoms with Crippen molar-refractivity contribution in [1.82, 2.24) is 10.2 Å². The van der Waals surface area contributed by atoms with Crippen molar-refractivity contribution in [3.63, 3.8) is 0 Å². The van der Waals surface area contributed by atoms with Crippen LogP contribution in [0.25, 0.3) is 0 Å². The highest BCUT2D eigenvalue weighted by molar-refractivity contribution is 6.04. The molecule has 2 rings (SSSR count). The summed E-state index contributed by atoms with van der Waals surface area (Å²) in [5.74, 6) is -0.874. The molecule has 2 amide bonds. The van der Waals surface area contributed by atoms with Gasteiger partial charge in [-0.25, -0.2) is 0 Å². The molecular formula is C17H21N3O4. The number of Topliss-reactive ketones (excluding diaryl/α,β-unsaturated/α-hetero) is 1. The van der Waals surface area contributed by atoms with E-state index in [2.05, 4.69) is 10.5 Å². The van der Waals surface area contributed by atoms with Crippen molar-refractivity contribution in [2.75, 3.05) is 13.7 Å². The Morgan fingerprint density at radius 2 is 2.00 bits per heavy atom. The topological polar surface area (TPSA) is 88.1 Å². The van der Waals surface area contributed by atoms with Gasteiger partial charge in [-0.1, -0.05) is 35.5 Å². The van der Waals surface area contributed by atoms with Gasteiger partial charge in [0.15, 0.2) is 0 Å². The summed E-state index contributed by atoms with van der Waals surface area (Å²) in [6, 6.07) is 8.83. The molecule has 0 saturated carbocycles. The average Bonchev–Trinajstić information content (AvgIpc) is 2.97. The molecule has 1 aliphatic heterocycles. The van der Waals surface area contributed by atoms with Gasteiger partial charge < -0.3 is 15.1 Å². The maximum atomic E-state index is 12.5. The lowest BCUT2D eigenvalue weighted by atomic mass is 10.1. The standard InChI is InChI=1S/C17H21N3O4/c1-12(21)8-16(22)20-11-14(19-24-2)9-15(20)17(23)18-10-13-6-4-3-5-7-13/h3-7,15H,8-11H2,1-2H3,(H,18,23)/t15-/m0/s1. The van der Waals surface area contributed by atoms with E-state index in [-0.39, 0.29) is 30.6 Å². The number of rotatable bonds is 6. The number of benzene rings is 1.